The van der Waals surface area contributed by atoms with Gasteiger partial charge in [-0.1, -0.05) is 6.92 Å². The van der Waals surface area contributed by atoms with E-state index < -0.39 is 0 Å². The number of fused-ring (bicyclic) bond motifs is 1. The molecule has 0 aliphatic rings. The summed E-state index contributed by atoms with van der Waals surface area (Å²) in [4.78, 5) is 16.6. The fourth-order valence-corrected chi connectivity index (χ4v) is 1.33. The molecule has 0 amide bonds. The van der Waals surface area contributed by atoms with Gasteiger partial charge in [0.05, 0.1) is 5.69 Å². The highest BCUT2D eigenvalue weighted by Gasteiger charge is 2.07. The van der Waals surface area contributed by atoms with Gasteiger partial charge >= 0.3 is 0 Å². The largest absolute Gasteiger partial charge is 0.382 e. The van der Waals surface area contributed by atoms with Crippen LogP contribution in [-0.4, -0.2) is 19.9 Å². The summed E-state index contributed by atoms with van der Waals surface area (Å²) in [5.41, 5.74) is 7.94. The lowest BCUT2D eigenvalue weighted by Gasteiger charge is -2.03. The summed E-state index contributed by atoms with van der Waals surface area (Å²) in [6.45, 7) is 3.90. The van der Waals surface area contributed by atoms with Crippen LogP contribution >= 0.6 is 0 Å². The number of aryl methyl sites for hydroxylation is 2. The van der Waals surface area contributed by atoms with Gasteiger partial charge in [0.1, 0.15) is 23.2 Å². The first-order chi connectivity index (χ1) is 6.72. The summed E-state index contributed by atoms with van der Waals surface area (Å²) in [6.07, 6.45) is 2.21. The second kappa shape index (κ2) is 3.17. The first kappa shape index (κ1) is 8.80. The summed E-state index contributed by atoms with van der Waals surface area (Å²) in [6, 6.07) is 0. The number of hydrogen-bond acceptors (Lipinski definition) is 5. The van der Waals surface area contributed by atoms with Crippen LogP contribution in [0.1, 0.15) is 18.4 Å². The van der Waals surface area contributed by atoms with Crippen LogP contribution < -0.4 is 5.73 Å². The Morgan fingerprint density at radius 2 is 2.00 bits per heavy atom. The molecule has 0 bridgehead atoms. The van der Waals surface area contributed by atoms with E-state index in [0.717, 1.165) is 23.5 Å². The van der Waals surface area contributed by atoms with Crippen molar-refractivity contribution in [3.8, 4) is 0 Å². The molecule has 0 aliphatic heterocycles. The van der Waals surface area contributed by atoms with E-state index in [9.17, 15) is 0 Å². The van der Waals surface area contributed by atoms with Crippen molar-refractivity contribution < 1.29 is 0 Å². The van der Waals surface area contributed by atoms with Crippen molar-refractivity contribution >= 4 is 16.9 Å². The number of rotatable bonds is 1. The molecule has 5 nitrogen and oxygen atoms in total. The summed E-state index contributed by atoms with van der Waals surface area (Å²) in [5.74, 6) is 1.19. The van der Waals surface area contributed by atoms with Gasteiger partial charge in [-0.05, 0) is 6.92 Å². The molecule has 0 atom stereocenters. The quantitative estimate of drug-likeness (QED) is 0.720. The number of nitrogens with zero attached hydrogens (tertiary/aromatic N) is 4. The molecule has 0 aliphatic carbocycles. The van der Waals surface area contributed by atoms with Crippen LogP contribution in [0.3, 0.4) is 0 Å². The molecule has 0 fully saturated rings. The summed E-state index contributed by atoms with van der Waals surface area (Å²) >= 11 is 0. The number of anilines is 1. The van der Waals surface area contributed by atoms with E-state index in [1.807, 2.05) is 13.8 Å². The lowest BCUT2D eigenvalue weighted by Crippen LogP contribution is -2.02. The number of nitrogens with two attached hydrogens (primary N) is 1. The van der Waals surface area contributed by atoms with Crippen LogP contribution in [0.4, 0.5) is 5.82 Å². The highest BCUT2D eigenvalue weighted by Crippen LogP contribution is 2.16. The second-order valence-electron chi connectivity index (χ2n) is 3.03. The van der Waals surface area contributed by atoms with Crippen LogP contribution in [0.15, 0.2) is 6.33 Å². The highest BCUT2D eigenvalue weighted by atomic mass is 15.0. The lowest BCUT2D eigenvalue weighted by molar-refractivity contribution is 0.934. The standard InChI is InChI=1S/C9H11N5/c1-3-6-13-5(2)7-8(14-6)9(10)12-4-11-7/h4H,3H2,1-2H3,(H2,10,11,12). The van der Waals surface area contributed by atoms with E-state index in [0.29, 0.717) is 11.3 Å². The predicted octanol–water partition coefficient (Wildman–Crippen LogP) is 0.873. The van der Waals surface area contributed by atoms with Gasteiger partial charge in [0.25, 0.3) is 0 Å². The Kier molecular flexibility index (Phi) is 1.99. The fraction of sp³-hybridized carbons (Fsp3) is 0.333. The molecule has 2 rings (SSSR count). The van der Waals surface area contributed by atoms with Crippen molar-refractivity contribution in [2.24, 2.45) is 0 Å². The molecule has 0 spiro atoms. The van der Waals surface area contributed by atoms with Crippen molar-refractivity contribution in [1.29, 1.82) is 0 Å². The van der Waals surface area contributed by atoms with Gasteiger partial charge in [-0.15, -0.1) is 0 Å². The van der Waals surface area contributed by atoms with Gasteiger partial charge in [0.15, 0.2) is 5.82 Å². The molecule has 2 N–H and O–H groups in total. The smallest absolute Gasteiger partial charge is 0.153 e. The first-order valence-electron chi connectivity index (χ1n) is 4.46. The first-order valence-corrected chi connectivity index (χ1v) is 4.46. The average molecular weight is 189 g/mol. The molecule has 14 heavy (non-hydrogen) atoms. The molecular formula is C9H11N5. The molecule has 5 heteroatoms. The Morgan fingerprint density at radius 1 is 1.21 bits per heavy atom. The monoisotopic (exact) mass is 189 g/mol. The summed E-state index contributed by atoms with van der Waals surface area (Å²) < 4.78 is 0. The maximum atomic E-state index is 5.71. The third kappa shape index (κ3) is 1.26. The Labute approximate surface area is 81.4 Å². The number of nitrogen functional groups attached to an aromatic ring is 1. The van der Waals surface area contributed by atoms with E-state index in [1.54, 1.807) is 0 Å². The highest BCUT2D eigenvalue weighted by molar-refractivity contribution is 5.84. The van der Waals surface area contributed by atoms with E-state index in [2.05, 4.69) is 19.9 Å². The maximum absolute atomic E-state index is 5.71. The zero-order valence-electron chi connectivity index (χ0n) is 8.15. The van der Waals surface area contributed by atoms with Crippen LogP contribution in [0.25, 0.3) is 11.0 Å². The van der Waals surface area contributed by atoms with E-state index >= 15 is 0 Å². The zero-order chi connectivity index (χ0) is 10.1. The molecule has 0 aromatic carbocycles. The minimum Gasteiger partial charge on any atom is -0.382 e. The Balaban J connectivity index is 2.83. The Bertz CT molecular complexity index is 480. The fourth-order valence-electron chi connectivity index (χ4n) is 1.33. The van der Waals surface area contributed by atoms with Crippen molar-refractivity contribution in [1.82, 2.24) is 19.9 Å². The normalized spacial score (nSPS) is 10.7. The number of hydrogen-bond donors (Lipinski definition) is 1. The van der Waals surface area contributed by atoms with E-state index in [1.165, 1.54) is 6.33 Å². The van der Waals surface area contributed by atoms with E-state index in [-0.39, 0.29) is 0 Å². The predicted molar refractivity (Wildman–Crippen MR) is 53.7 cm³/mol. The Morgan fingerprint density at radius 3 is 2.71 bits per heavy atom. The maximum Gasteiger partial charge on any atom is 0.153 e. The molecule has 0 saturated carbocycles. The van der Waals surface area contributed by atoms with Crippen molar-refractivity contribution in [3.05, 3.63) is 17.8 Å². The molecule has 2 heterocycles. The zero-order valence-corrected chi connectivity index (χ0v) is 8.15. The van der Waals surface area contributed by atoms with Crippen molar-refractivity contribution in [2.45, 2.75) is 20.3 Å². The van der Waals surface area contributed by atoms with Crippen molar-refractivity contribution in [3.63, 3.8) is 0 Å². The summed E-state index contributed by atoms with van der Waals surface area (Å²) in [7, 11) is 0. The molecule has 2 aromatic heterocycles. The second-order valence-corrected chi connectivity index (χ2v) is 3.03. The van der Waals surface area contributed by atoms with Crippen molar-refractivity contribution in [2.75, 3.05) is 5.73 Å². The summed E-state index contributed by atoms with van der Waals surface area (Å²) in [5, 5.41) is 0. The molecule has 0 saturated heterocycles. The molecule has 0 unspecified atom stereocenters. The minimum absolute atomic E-state index is 0.412. The van der Waals surface area contributed by atoms with Crippen LogP contribution in [-0.2, 0) is 6.42 Å². The average Bonchev–Trinajstić information content (AvgIpc) is 2.19. The number of aromatic nitrogens is 4. The molecule has 72 valence electrons. The van der Waals surface area contributed by atoms with Gasteiger partial charge in [0.2, 0.25) is 0 Å². The van der Waals surface area contributed by atoms with Crippen LogP contribution in [0.5, 0.6) is 0 Å². The third-order valence-electron chi connectivity index (χ3n) is 2.05. The van der Waals surface area contributed by atoms with E-state index in [4.69, 9.17) is 5.73 Å². The molecule has 2 aromatic rings. The van der Waals surface area contributed by atoms with Gasteiger partial charge in [-0.2, -0.15) is 0 Å². The van der Waals surface area contributed by atoms with Gasteiger partial charge in [0, 0.05) is 6.42 Å². The van der Waals surface area contributed by atoms with Gasteiger partial charge in [-0.25, -0.2) is 19.9 Å². The van der Waals surface area contributed by atoms with Crippen LogP contribution in [0, 0.1) is 6.92 Å². The topological polar surface area (TPSA) is 77.6 Å². The van der Waals surface area contributed by atoms with Crippen LogP contribution in [0.2, 0.25) is 0 Å². The SMILES string of the molecule is CCc1nc(C)c2ncnc(N)c2n1. The third-order valence-corrected chi connectivity index (χ3v) is 2.05. The molecule has 0 radical (unpaired) electrons. The van der Waals surface area contributed by atoms with Gasteiger partial charge in [-0.3, -0.25) is 0 Å². The Hall–Kier alpha value is -1.78. The lowest BCUT2D eigenvalue weighted by atomic mass is 10.3. The minimum atomic E-state index is 0.412. The molecular weight excluding hydrogens is 178 g/mol. The van der Waals surface area contributed by atoms with Gasteiger partial charge < -0.3 is 5.73 Å².